The van der Waals surface area contributed by atoms with Crippen LogP contribution in [0.4, 0.5) is 4.39 Å². The van der Waals surface area contributed by atoms with Crippen LogP contribution in [0.3, 0.4) is 0 Å². The highest BCUT2D eigenvalue weighted by Crippen LogP contribution is 2.19. The van der Waals surface area contributed by atoms with Crippen molar-refractivity contribution in [2.45, 2.75) is 13.0 Å². The SMILES string of the molecule is COC(=O)Cn1c(Cc2ccc(F)cc2)nc2ccccc21. The Morgan fingerprint density at radius 3 is 2.64 bits per heavy atom. The van der Waals surface area contributed by atoms with Crippen LogP contribution in [0.2, 0.25) is 0 Å². The second-order valence-electron chi connectivity index (χ2n) is 4.98. The van der Waals surface area contributed by atoms with Crippen molar-refractivity contribution in [3.05, 3.63) is 65.7 Å². The molecule has 0 amide bonds. The van der Waals surface area contributed by atoms with E-state index in [1.807, 2.05) is 28.8 Å². The van der Waals surface area contributed by atoms with Gasteiger partial charge in [-0.15, -0.1) is 0 Å². The summed E-state index contributed by atoms with van der Waals surface area (Å²) in [4.78, 5) is 16.2. The van der Waals surface area contributed by atoms with Gasteiger partial charge < -0.3 is 9.30 Å². The standard InChI is InChI=1S/C17H15FN2O2/c1-22-17(21)11-20-15-5-3-2-4-14(15)19-16(20)10-12-6-8-13(18)9-7-12/h2-9H,10-11H2,1H3. The van der Waals surface area contributed by atoms with Crippen molar-refractivity contribution in [3.63, 3.8) is 0 Å². The Balaban J connectivity index is 2.01. The van der Waals surface area contributed by atoms with E-state index < -0.39 is 0 Å². The number of rotatable bonds is 4. The molecule has 0 aliphatic rings. The fourth-order valence-electron chi connectivity index (χ4n) is 2.42. The van der Waals surface area contributed by atoms with Crippen molar-refractivity contribution in [1.29, 1.82) is 0 Å². The molecule has 0 aliphatic carbocycles. The van der Waals surface area contributed by atoms with Gasteiger partial charge in [0.15, 0.2) is 0 Å². The summed E-state index contributed by atoms with van der Waals surface area (Å²) in [5, 5.41) is 0. The van der Waals surface area contributed by atoms with E-state index in [1.54, 1.807) is 12.1 Å². The van der Waals surface area contributed by atoms with E-state index in [9.17, 15) is 9.18 Å². The summed E-state index contributed by atoms with van der Waals surface area (Å²) in [6.45, 7) is 0.105. The molecular weight excluding hydrogens is 283 g/mol. The Kier molecular flexibility index (Phi) is 3.87. The summed E-state index contributed by atoms with van der Waals surface area (Å²) in [7, 11) is 1.36. The number of benzene rings is 2. The maximum absolute atomic E-state index is 13.0. The van der Waals surface area contributed by atoms with Crippen LogP contribution < -0.4 is 0 Å². The predicted molar refractivity (Wildman–Crippen MR) is 81.0 cm³/mol. The number of carbonyl (C=O) groups is 1. The average molecular weight is 298 g/mol. The zero-order valence-corrected chi connectivity index (χ0v) is 12.1. The first kappa shape index (κ1) is 14.3. The van der Waals surface area contributed by atoms with E-state index in [1.165, 1.54) is 19.2 Å². The molecule has 0 atom stereocenters. The maximum atomic E-state index is 13.0. The Labute approximate surface area is 127 Å². The molecule has 0 saturated heterocycles. The number of halogens is 1. The van der Waals surface area contributed by atoms with Crippen molar-refractivity contribution in [3.8, 4) is 0 Å². The van der Waals surface area contributed by atoms with Gasteiger partial charge in [-0.3, -0.25) is 4.79 Å². The summed E-state index contributed by atoms with van der Waals surface area (Å²) >= 11 is 0. The molecule has 4 nitrogen and oxygen atoms in total. The third-order valence-electron chi connectivity index (χ3n) is 3.52. The smallest absolute Gasteiger partial charge is 0.325 e. The fraction of sp³-hybridized carbons (Fsp3) is 0.176. The molecule has 3 rings (SSSR count). The first-order valence-corrected chi connectivity index (χ1v) is 6.93. The minimum Gasteiger partial charge on any atom is -0.468 e. The van der Waals surface area contributed by atoms with Crippen LogP contribution in [-0.2, 0) is 22.5 Å². The van der Waals surface area contributed by atoms with Gasteiger partial charge in [-0.1, -0.05) is 24.3 Å². The molecule has 1 aromatic heterocycles. The van der Waals surface area contributed by atoms with E-state index in [0.29, 0.717) is 6.42 Å². The van der Waals surface area contributed by atoms with Gasteiger partial charge in [0.1, 0.15) is 18.2 Å². The van der Waals surface area contributed by atoms with E-state index in [0.717, 1.165) is 22.4 Å². The van der Waals surface area contributed by atoms with Crippen molar-refractivity contribution in [1.82, 2.24) is 9.55 Å². The lowest BCUT2D eigenvalue weighted by Gasteiger charge is -2.08. The molecule has 0 fully saturated rings. The summed E-state index contributed by atoms with van der Waals surface area (Å²) in [5.74, 6) is 0.147. The van der Waals surface area contributed by atoms with Crippen LogP contribution in [-0.4, -0.2) is 22.6 Å². The third-order valence-corrected chi connectivity index (χ3v) is 3.52. The van der Waals surface area contributed by atoms with Gasteiger partial charge in [0, 0.05) is 6.42 Å². The average Bonchev–Trinajstić information content (AvgIpc) is 2.87. The number of methoxy groups -OCH3 is 1. The van der Waals surface area contributed by atoms with Crippen LogP contribution in [0.1, 0.15) is 11.4 Å². The number of nitrogens with zero attached hydrogens (tertiary/aromatic N) is 2. The molecule has 0 aliphatic heterocycles. The monoisotopic (exact) mass is 298 g/mol. The van der Waals surface area contributed by atoms with E-state index in [2.05, 4.69) is 4.98 Å². The number of carbonyl (C=O) groups excluding carboxylic acids is 1. The van der Waals surface area contributed by atoms with Crippen molar-refractivity contribution < 1.29 is 13.9 Å². The zero-order valence-electron chi connectivity index (χ0n) is 12.1. The lowest BCUT2D eigenvalue weighted by molar-refractivity contribution is -0.141. The van der Waals surface area contributed by atoms with Crippen molar-refractivity contribution >= 4 is 17.0 Å². The molecular formula is C17H15FN2O2. The van der Waals surface area contributed by atoms with Crippen LogP contribution in [0, 0.1) is 5.82 Å². The highest BCUT2D eigenvalue weighted by atomic mass is 19.1. The number of hydrogen-bond donors (Lipinski definition) is 0. The molecule has 0 spiro atoms. The molecule has 0 unspecified atom stereocenters. The number of para-hydroxylation sites is 2. The Bertz CT molecular complexity index is 809. The summed E-state index contributed by atoms with van der Waals surface area (Å²) < 4.78 is 19.6. The van der Waals surface area contributed by atoms with Gasteiger partial charge >= 0.3 is 5.97 Å². The molecule has 0 radical (unpaired) electrons. The molecule has 112 valence electrons. The first-order chi connectivity index (χ1) is 10.7. The lowest BCUT2D eigenvalue weighted by Crippen LogP contribution is -2.14. The normalized spacial score (nSPS) is 10.8. The second-order valence-corrected chi connectivity index (χ2v) is 4.98. The van der Waals surface area contributed by atoms with E-state index in [-0.39, 0.29) is 18.3 Å². The summed E-state index contributed by atoms with van der Waals surface area (Å²) in [5.41, 5.74) is 2.64. The highest BCUT2D eigenvalue weighted by molar-refractivity contribution is 5.79. The fourth-order valence-corrected chi connectivity index (χ4v) is 2.42. The molecule has 1 heterocycles. The Morgan fingerprint density at radius 2 is 1.91 bits per heavy atom. The molecule has 2 aromatic carbocycles. The van der Waals surface area contributed by atoms with Crippen LogP contribution >= 0.6 is 0 Å². The summed E-state index contributed by atoms with van der Waals surface area (Å²) in [6, 6.07) is 13.9. The molecule has 5 heteroatoms. The topological polar surface area (TPSA) is 44.1 Å². The molecule has 22 heavy (non-hydrogen) atoms. The summed E-state index contributed by atoms with van der Waals surface area (Å²) in [6.07, 6.45) is 0.520. The van der Waals surface area contributed by atoms with Crippen molar-refractivity contribution in [2.75, 3.05) is 7.11 Å². The highest BCUT2D eigenvalue weighted by Gasteiger charge is 2.14. The molecule has 0 saturated carbocycles. The molecule has 0 N–H and O–H groups in total. The van der Waals surface area contributed by atoms with Crippen LogP contribution in [0.5, 0.6) is 0 Å². The largest absolute Gasteiger partial charge is 0.468 e. The van der Waals surface area contributed by atoms with Gasteiger partial charge in [-0.05, 0) is 29.8 Å². The van der Waals surface area contributed by atoms with Crippen LogP contribution in [0.25, 0.3) is 11.0 Å². The maximum Gasteiger partial charge on any atom is 0.325 e. The minimum atomic E-state index is -0.330. The number of ether oxygens (including phenoxy) is 1. The van der Waals surface area contributed by atoms with Gasteiger partial charge in [0.05, 0.1) is 18.1 Å². The third kappa shape index (κ3) is 2.83. The minimum absolute atomic E-state index is 0.105. The van der Waals surface area contributed by atoms with Gasteiger partial charge in [0.2, 0.25) is 0 Å². The quantitative estimate of drug-likeness (QED) is 0.696. The Morgan fingerprint density at radius 1 is 1.18 bits per heavy atom. The van der Waals surface area contributed by atoms with E-state index >= 15 is 0 Å². The first-order valence-electron chi connectivity index (χ1n) is 6.93. The van der Waals surface area contributed by atoms with Crippen LogP contribution in [0.15, 0.2) is 48.5 Å². The Hall–Kier alpha value is -2.69. The lowest BCUT2D eigenvalue weighted by atomic mass is 10.1. The number of fused-ring (bicyclic) bond motifs is 1. The molecule has 3 aromatic rings. The number of imidazole rings is 1. The number of esters is 1. The second kappa shape index (κ2) is 5.97. The molecule has 0 bridgehead atoms. The van der Waals surface area contributed by atoms with E-state index in [4.69, 9.17) is 4.74 Å². The number of hydrogen-bond acceptors (Lipinski definition) is 3. The zero-order chi connectivity index (χ0) is 15.5. The number of aromatic nitrogens is 2. The predicted octanol–water partition coefficient (Wildman–Crippen LogP) is 2.94. The van der Waals surface area contributed by atoms with Crippen molar-refractivity contribution in [2.24, 2.45) is 0 Å². The van der Waals surface area contributed by atoms with Gasteiger partial charge in [-0.25, -0.2) is 9.37 Å². The van der Waals surface area contributed by atoms with Gasteiger partial charge in [0.25, 0.3) is 0 Å². The van der Waals surface area contributed by atoms with Gasteiger partial charge in [-0.2, -0.15) is 0 Å².